The van der Waals surface area contributed by atoms with Crippen LogP contribution >= 0.6 is 34.2 Å². The molecule has 1 fully saturated rings. The second-order valence-corrected chi connectivity index (χ2v) is 6.10. The van der Waals surface area contributed by atoms with Gasteiger partial charge in [0.1, 0.15) is 6.04 Å². The molecule has 1 saturated heterocycles. The van der Waals surface area contributed by atoms with E-state index < -0.39 is 30.2 Å². The molecule has 21 heavy (non-hydrogen) atoms. The van der Waals surface area contributed by atoms with Gasteiger partial charge in [0.05, 0.1) is 11.4 Å². The summed E-state index contributed by atoms with van der Waals surface area (Å²) < 4.78 is 0.810. The maximum atomic E-state index is 12.5. The summed E-state index contributed by atoms with van der Waals surface area (Å²) >= 11 is 8.04. The molecule has 1 aromatic rings. The summed E-state index contributed by atoms with van der Waals surface area (Å²) in [5.74, 6) is -1.97. The molecule has 8 heteroatoms. The molecule has 1 aliphatic heterocycles. The molecule has 1 atom stereocenters. The van der Waals surface area contributed by atoms with Gasteiger partial charge in [-0.2, -0.15) is 0 Å². The number of rotatable bonds is 3. The van der Waals surface area contributed by atoms with E-state index in [0.29, 0.717) is 17.1 Å². The van der Waals surface area contributed by atoms with Crippen LogP contribution in [-0.2, 0) is 9.59 Å². The Morgan fingerprint density at radius 3 is 2.81 bits per heavy atom. The van der Waals surface area contributed by atoms with Crippen molar-refractivity contribution in [1.29, 1.82) is 0 Å². The zero-order chi connectivity index (χ0) is 15.6. The molecular formula is C13H12ClIN2O4. The largest absolute Gasteiger partial charge is 0.481 e. The quantitative estimate of drug-likeness (QED) is 0.720. The van der Waals surface area contributed by atoms with E-state index in [-0.39, 0.29) is 6.54 Å². The Morgan fingerprint density at radius 2 is 2.19 bits per heavy atom. The van der Waals surface area contributed by atoms with Gasteiger partial charge in [0.25, 0.3) is 5.91 Å². The number of nitrogens with zero attached hydrogens (tertiary/aromatic N) is 1. The van der Waals surface area contributed by atoms with Crippen LogP contribution in [0.25, 0.3) is 0 Å². The minimum Gasteiger partial charge on any atom is -0.481 e. The Balaban J connectivity index is 2.27. The summed E-state index contributed by atoms with van der Waals surface area (Å²) in [6.07, 6.45) is -0.421. The molecule has 1 unspecified atom stereocenters. The highest BCUT2D eigenvalue weighted by atomic mass is 127. The second-order valence-electron chi connectivity index (χ2n) is 4.53. The molecule has 0 aliphatic carbocycles. The Kier molecular flexibility index (Phi) is 5.04. The van der Waals surface area contributed by atoms with E-state index in [0.717, 1.165) is 3.57 Å². The SMILES string of the molecule is O=C(O)CC1C(=O)NCCN1C(=O)c1ccc(I)c(Cl)c1. The van der Waals surface area contributed by atoms with Crippen LogP contribution in [0, 0.1) is 3.57 Å². The van der Waals surface area contributed by atoms with Crippen molar-refractivity contribution in [3.63, 3.8) is 0 Å². The lowest BCUT2D eigenvalue weighted by Gasteiger charge is -2.34. The predicted octanol–water partition coefficient (Wildman–Crippen LogP) is 1.36. The zero-order valence-corrected chi connectivity index (χ0v) is 13.7. The van der Waals surface area contributed by atoms with Gasteiger partial charge in [-0.15, -0.1) is 0 Å². The van der Waals surface area contributed by atoms with Gasteiger partial charge in [-0.3, -0.25) is 14.4 Å². The number of benzene rings is 1. The van der Waals surface area contributed by atoms with Crippen molar-refractivity contribution in [2.75, 3.05) is 13.1 Å². The summed E-state index contributed by atoms with van der Waals surface area (Å²) in [7, 11) is 0. The van der Waals surface area contributed by atoms with Gasteiger partial charge in [-0.05, 0) is 40.8 Å². The van der Waals surface area contributed by atoms with Crippen molar-refractivity contribution in [3.8, 4) is 0 Å². The van der Waals surface area contributed by atoms with Crippen LogP contribution in [0.1, 0.15) is 16.8 Å². The smallest absolute Gasteiger partial charge is 0.305 e. The molecule has 0 radical (unpaired) electrons. The highest BCUT2D eigenvalue weighted by molar-refractivity contribution is 14.1. The fourth-order valence-electron chi connectivity index (χ4n) is 2.12. The van der Waals surface area contributed by atoms with E-state index >= 15 is 0 Å². The number of carboxylic acids is 1. The summed E-state index contributed by atoms with van der Waals surface area (Å²) in [4.78, 5) is 36.5. The van der Waals surface area contributed by atoms with E-state index in [1.807, 2.05) is 22.6 Å². The Hall–Kier alpha value is -1.35. The summed E-state index contributed by atoms with van der Waals surface area (Å²) in [6.45, 7) is 0.574. The number of carbonyl (C=O) groups is 3. The predicted molar refractivity (Wildman–Crippen MR) is 84.3 cm³/mol. The zero-order valence-electron chi connectivity index (χ0n) is 10.8. The number of halogens is 2. The first-order valence-corrected chi connectivity index (χ1v) is 7.61. The minimum absolute atomic E-state index is 0.270. The number of aliphatic carboxylic acids is 1. The highest BCUT2D eigenvalue weighted by Crippen LogP contribution is 2.22. The number of hydrogen-bond donors (Lipinski definition) is 2. The maximum absolute atomic E-state index is 12.5. The van der Waals surface area contributed by atoms with E-state index in [1.165, 1.54) is 11.0 Å². The molecule has 2 N–H and O–H groups in total. The number of piperazine rings is 1. The first kappa shape index (κ1) is 16.0. The molecule has 6 nitrogen and oxygen atoms in total. The molecule has 1 aliphatic rings. The van der Waals surface area contributed by atoms with Crippen LogP contribution < -0.4 is 5.32 Å². The van der Waals surface area contributed by atoms with Crippen molar-refractivity contribution in [3.05, 3.63) is 32.4 Å². The van der Waals surface area contributed by atoms with E-state index in [4.69, 9.17) is 16.7 Å². The van der Waals surface area contributed by atoms with E-state index in [2.05, 4.69) is 5.32 Å². The Labute approximate surface area is 139 Å². The Bertz CT molecular complexity index is 608. The molecule has 0 aromatic heterocycles. The van der Waals surface area contributed by atoms with Gasteiger partial charge in [0, 0.05) is 22.2 Å². The first-order chi connectivity index (χ1) is 9.90. The number of carboxylic acid groups (broad SMARTS) is 1. The molecule has 0 bridgehead atoms. The summed E-state index contributed by atoms with van der Waals surface area (Å²) in [5.41, 5.74) is 0.338. The molecule has 0 saturated carbocycles. The van der Waals surface area contributed by atoms with Crippen molar-refractivity contribution >= 4 is 52.0 Å². The van der Waals surface area contributed by atoms with Crippen molar-refractivity contribution in [1.82, 2.24) is 10.2 Å². The minimum atomic E-state index is -1.13. The lowest BCUT2D eigenvalue weighted by Crippen LogP contribution is -2.57. The van der Waals surface area contributed by atoms with Crippen LogP contribution in [0.4, 0.5) is 0 Å². The first-order valence-electron chi connectivity index (χ1n) is 6.15. The van der Waals surface area contributed by atoms with E-state index in [1.54, 1.807) is 12.1 Å². The summed E-state index contributed by atoms with van der Waals surface area (Å²) in [5, 5.41) is 11.9. The van der Waals surface area contributed by atoms with Gasteiger partial charge in [0.2, 0.25) is 5.91 Å². The molecule has 112 valence electrons. The molecule has 1 heterocycles. The number of carbonyl (C=O) groups excluding carboxylic acids is 2. The number of hydrogen-bond acceptors (Lipinski definition) is 3. The average molecular weight is 423 g/mol. The molecular weight excluding hydrogens is 411 g/mol. The van der Waals surface area contributed by atoms with Gasteiger partial charge in [-0.1, -0.05) is 11.6 Å². The number of amides is 2. The third-order valence-electron chi connectivity index (χ3n) is 3.13. The Morgan fingerprint density at radius 1 is 1.48 bits per heavy atom. The maximum Gasteiger partial charge on any atom is 0.305 e. The third-order valence-corrected chi connectivity index (χ3v) is 4.70. The fraction of sp³-hybridized carbons (Fsp3) is 0.308. The number of nitrogens with one attached hydrogen (secondary N) is 1. The van der Waals surface area contributed by atoms with Gasteiger partial charge < -0.3 is 15.3 Å². The van der Waals surface area contributed by atoms with E-state index in [9.17, 15) is 14.4 Å². The van der Waals surface area contributed by atoms with Crippen LogP contribution in [-0.4, -0.2) is 46.9 Å². The third kappa shape index (κ3) is 3.65. The lowest BCUT2D eigenvalue weighted by atomic mass is 10.1. The average Bonchev–Trinajstić information content (AvgIpc) is 2.43. The van der Waals surface area contributed by atoms with Gasteiger partial charge >= 0.3 is 5.97 Å². The van der Waals surface area contributed by atoms with Crippen molar-refractivity contribution in [2.45, 2.75) is 12.5 Å². The van der Waals surface area contributed by atoms with Crippen LogP contribution in [0.15, 0.2) is 18.2 Å². The summed E-state index contributed by atoms with van der Waals surface area (Å²) in [6, 6.07) is 3.84. The fourth-order valence-corrected chi connectivity index (χ4v) is 2.64. The topological polar surface area (TPSA) is 86.7 Å². The molecule has 2 amide bonds. The molecule has 0 spiro atoms. The lowest BCUT2D eigenvalue weighted by molar-refractivity contribution is -0.142. The van der Waals surface area contributed by atoms with Crippen LogP contribution in [0.2, 0.25) is 5.02 Å². The molecule has 1 aromatic carbocycles. The van der Waals surface area contributed by atoms with Gasteiger partial charge in [0.15, 0.2) is 0 Å². The van der Waals surface area contributed by atoms with Gasteiger partial charge in [-0.25, -0.2) is 0 Å². The van der Waals surface area contributed by atoms with Crippen molar-refractivity contribution in [2.24, 2.45) is 0 Å². The van der Waals surface area contributed by atoms with Crippen molar-refractivity contribution < 1.29 is 19.5 Å². The van der Waals surface area contributed by atoms with Crippen LogP contribution in [0.5, 0.6) is 0 Å². The molecule has 2 rings (SSSR count). The normalized spacial score (nSPS) is 18.3. The standard InChI is InChI=1S/C13H12ClIN2O4/c14-8-5-7(1-2-9(8)15)13(21)17-4-3-16-12(20)10(17)6-11(18)19/h1-2,5,10H,3-4,6H2,(H,16,20)(H,18,19). The van der Waals surface area contributed by atoms with Crippen LogP contribution in [0.3, 0.4) is 0 Å². The highest BCUT2D eigenvalue weighted by Gasteiger charge is 2.35. The monoisotopic (exact) mass is 422 g/mol. The second kappa shape index (κ2) is 6.61.